The molecule has 1 saturated heterocycles. The van der Waals surface area contributed by atoms with Gasteiger partial charge in [0.05, 0.1) is 0 Å². The molecule has 0 spiro atoms. The van der Waals surface area contributed by atoms with Crippen molar-refractivity contribution in [2.45, 2.75) is 31.7 Å². The normalized spacial score (nSPS) is 16.3. The highest BCUT2D eigenvalue weighted by Gasteiger charge is 2.26. The van der Waals surface area contributed by atoms with Crippen LogP contribution in [0.2, 0.25) is 5.02 Å². The standard InChI is InChI=1S/C27H29ClN2O/c28-25-13-10-22(11-14-25)18-24-9-5-4-8-23(24)12-15-27(31)30-17-16-29-20-26(30)19-21-6-2-1-3-7-21/h1-11,13-14,26,29H,12,15-20H2. The lowest BCUT2D eigenvalue weighted by molar-refractivity contribution is -0.134. The Morgan fingerprint density at radius 2 is 1.61 bits per heavy atom. The van der Waals surface area contributed by atoms with Gasteiger partial charge in [0.25, 0.3) is 0 Å². The van der Waals surface area contributed by atoms with Crippen LogP contribution in [0.15, 0.2) is 78.9 Å². The average Bonchev–Trinajstić information content (AvgIpc) is 2.81. The zero-order valence-corrected chi connectivity index (χ0v) is 18.5. The molecule has 31 heavy (non-hydrogen) atoms. The SMILES string of the molecule is O=C(CCc1ccccc1Cc1ccc(Cl)cc1)N1CCNCC1Cc1ccccc1. The monoisotopic (exact) mass is 432 g/mol. The Bertz CT molecular complexity index is 988. The molecule has 0 bridgehead atoms. The Morgan fingerprint density at radius 3 is 2.39 bits per heavy atom. The van der Waals surface area contributed by atoms with Crippen molar-refractivity contribution in [1.29, 1.82) is 0 Å². The van der Waals surface area contributed by atoms with Gasteiger partial charge < -0.3 is 10.2 Å². The Balaban J connectivity index is 1.40. The van der Waals surface area contributed by atoms with Gasteiger partial charge in [0, 0.05) is 37.1 Å². The van der Waals surface area contributed by atoms with Gasteiger partial charge in [-0.3, -0.25) is 4.79 Å². The fourth-order valence-electron chi connectivity index (χ4n) is 4.34. The van der Waals surface area contributed by atoms with Gasteiger partial charge >= 0.3 is 0 Å². The second-order valence-electron chi connectivity index (χ2n) is 8.21. The van der Waals surface area contributed by atoms with Gasteiger partial charge in [0.1, 0.15) is 0 Å². The van der Waals surface area contributed by atoms with E-state index in [1.54, 1.807) is 0 Å². The first kappa shape index (κ1) is 21.6. The predicted octanol–water partition coefficient (Wildman–Crippen LogP) is 4.91. The Labute approximate surface area is 190 Å². The van der Waals surface area contributed by atoms with Crippen molar-refractivity contribution in [1.82, 2.24) is 10.2 Å². The molecule has 1 atom stereocenters. The number of hydrogen-bond acceptors (Lipinski definition) is 2. The highest BCUT2D eigenvalue weighted by atomic mass is 35.5. The van der Waals surface area contributed by atoms with Crippen molar-refractivity contribution in [3.05, 3.63) is 106 Å². The number of amides is 1. The molecule has 4 rings (SSSR count). The number of piperazine rings is 1. The Hall–Kier alpha value is -2.62. The van der Waals surface area contributed by atoms with E-state index >= 15 is 0 Å². The first-order valence-electron chi connectivity index (χ1n) is 11.0. The molecule has 3 aromatic carbocycles. The van der Waals surface area contributed by atoms with Crippen LogP contribution in [0, 0.1) is 0 Å². The average molecular weight is 433 g/mol. The van der Waals surface area contributed by atoms with E-state index in [1.807, 2.05) is 18.2 Å². The minimum atomic E-state index is 0.216. The predicted molar refractivity (Wildman–Crippen MR) is 128 cm³/mol. The van der Waals surface area contributed by atoms with Crippen molar-refractivity contribution >= 4 is 17.5 Å². The number of benzene rings is 3. The maximum Gasteiger partial charge on any atom is 0.223 e. The number of aryl methyl sites for hydroxylation is 1. The lowest BCUT2D eigenvalue weighted by atomic mass is 9.96. The summed E-state index contributed by atoms with van der Waals surface area (Å²) in [5.41, 5.74) is 5.04. The van der Waals surface area contributed by atoms with Gasteiger partial charge in [-0.1, -0.05) is 78.3 Å². The molecule has 1 N–H and O–H groups in total. The fourth-order valence-corrected chi connectivity index (χ4v) is 4.47. The summed E-state index contributed by atoms with van der Waals surface area (Å²) in [5, 5.41) is 4.20. The fraction of sp³-hybridized carbons (Fsp3) is 0.296. The number of rotatable bonds is 7. The van der Waals surface area contributed by atoms with Gasteiger partial charge in [-0.25, -0.2) is 0 Å². The minimum Gasteiger partial charge on any atom is -0.337 e. The summed E-state index contributed by atoms with van der Waals surface area (Å²) in [7, 11) is 0. The van der Waals surface area contributed by atoms with Gasteiger partial charge in [0.15, 0.2) is 0 Å². The van der Waals surface area contributed by atoms with Crippen LogP contribution in [-0.2, 0) is 24.1 Å². The molecule has 0 aromatic heterocycles. The number of carbonyl (C=O) groups is 1. The molecular weight excluding hydrogens is 404 g/mol. The molecule has 0 radical (unpaired) electrons. The quantitative estimate of drug-likeness (QED) is 0.575. The third-order valence-electron chi connectivity index (χ3n) is 6.02. The number of carbonyl (C=O) groups excluding carboxylic acids is 1. The Morgan fingerprint density at radius 1 is 0.903 bits per heavy atom. The summed E-state index contributed by atoms with van der Waals surface area (Å²) in [4.78, 5) is 15.3. The zero-order chi connectivity index (χ0) is 21.5. The van der Waals surface area contributed by atoms with Crippen molar-refractivity contribution in [2.24, 2.45) is 0 Å². The maximum absolute atomic E-state index is 13.2. The van der Waals surface area contributed by atoms with Crippen molar-refractivity contribution < 1.29 is 4.79 Å². The lowest BCUT2D eigenvalue weighted by Crippen LogP contribution is -2.54. The molecular formula is C27H29ClN2O. The second-order valence-corrected chi connectivity index (χ2v) is 8.64. The molecule has 0 aliphatic carbocycles. The highest BCUT2D eigenvalue weighted by Crippen LogP contribution is 2.19. The van der Waals surface area contributed by atoms with Gasteiger partial charge in [-0.05, 0) is 53.6 Å². The topological polar surface area (TPSA) is 32.3 Å². The molecule has 3 aromatic rings. The minimum absolute atomic E-state index is 0.216. The zero-order valence-electron chi connectivity index (χ0n) is 17.8. The van der Waals surface area contributed by atoms with Gasteiger partial charge in [-0.15, -0.1) is 0 Å². The third-order valence-corrected chi connectivity index (χ3v) is 6.27. The summed E-state index contributed by atoms with van der Waals surface area (Å²) in [6, 6.07) is 27.1. The van der Waals surface area contributed by atoms with Gasteiger partial charge in [0.2, 0.25) is 5.91 Å². The van der Waals surface area contributed by atoms with Crippen LogP contribution in [0.5, 0.6) is 0 Å². The molecule has 1 heterocycles. The summed E-state index contributed by atoms with van der Waals surface area (Å²) in [6.45, 7) is 2.50. The second kappa shape index (κ2) is 10.6. The first-order chi connectivity index (χ1) is 15.2. The van der Waals surface area contributed by atoms with Crippen molar-refractivity contribution in [2.75, 3.05) is 19.6 Å². The molecule has 3 nitrogen and oxygen atoms in total. The molecule has 1 unspecified atom stereocenters. The smallest absolute Gasteiger partial charge is 0.223 e. The van der Waals surface area contributed by atoms with Crippen LogP contribution < -0.4 is 5.32 Å². The van der Waals surface area contributed by atoms with Crippen LogP contribution in [0.4, 0.5) is 0 Å². The van der Waals surface area contributed by atoms with Crippen LogP contribution in [0.1, 0.15) is 28.7 Å². The Kier molecular flexibility index (Phi) is 7.39. The van der Waals surface area contributed by atoms with Crippen molar-refractivity contribution in [3.8, 4) is 0 Å². The number of nitrogens with zero attached hydrogens (tertiary/aromatic N) is 1. The number of halogens is 1. The van der Waals surface area contributed by atoms with E-state index in [-0.39, 0.29) is 11.9 Å². The molecule has 1 amide bonds. The van der Waals surface area contributed by atoms with E-state index < -0.39 is 0 Å². The summed E-state index contributed by atoms with van der Waals surface area (Å²) in [5.74, 6) is 0.253. The van der Waals surface area contributed by atoms with E-state index in [4.69, 9.17) is 11.6 Å². The largest absolute Gasteiger partial charge is 0.337 e. The molecule has 1 fully saturated rings. The van der Waals surface area contributed by atoms with E-state index in [9.17, 15) is 4.79 Å². The maximum atomic E-state index is 13.2. The van der Waals surface area contributed by atoms with Crippen LogP contribution in [0.3, 0.4) is 0 Å². The van der Waals surface area contributed by atoms with E-state index in [0.717, 1.165) is 43.9 Å². The lowest BCUT2D eigenvalue weighted by Gasteiger charge is -2.36. The van der Waals surface area contributed by atoms with E-state index in [0.29, 0.717) is 6.42 Å². The summed E-state index contributed by atoms with van der Waals surface area (Å²) in [6.07, 6.45) is 3.06. The summed E-state index contributed by atoms with van der Waals surface area (Å²) >= 11 is 6.02. The first-order valence-corrected chi connectivity index (χ1v) is 11.4. The molecule has 1 aliphatic heterocycles. The van der Waals surface area contributed by atoms with Crippen LogP contribution in [-0.4, -0.2) is 36.5 Å². The van der Waals surface area contributed by atoms with Crippen molar-refractivity contribution in [3.63, 3.8) is 0 Å². The van der Waals surface area contributed by atoms with E-state index in [2.05, 4.69) is 70.9 Å². The van der Waals surface area contributed by atoms with Crippen LogP contribution >= 0.6 is 11.6 Å². The third kappa shape index (κ3) is 5.96. The number of hydrogen-bond donors (Lipinski definition) is 1. The van der Waals surface area contributed by atoms with E-state index in [1.165, 1.54) is 22.3 Å². The molecule has 160 valence electrons. The number of nitrogens with one attached hydrogen (secondary N) is 1. The van der Waals surface area contributed by atoms with Gasteiger partial charge in [-0.2, -0.15) is 0 Å². The highest BCUT2D eigenvalue weighted by molar-refractivity contribution is 6.30. The molecule has 4 heteroatoms. The molecule has 0 saturated carbocycles. The van der Waals surface area contributed by atoms with Crippen LogP contribution in [0.25, 0.3) is 0 Å². The molecule has 1 aliphatic rings. The summed E-state index contributed by atoms with van der Waals surface area (Å²) < 4.78 is 0.